The minimum absolute atomic E-state index is 0.112. The molecular weight excluding hydrogens is 318 g/mol. The number of carboxylic acids is 1. The molecule has 4 N–H and O–H groups in total. The maximum absolute atomic E-state index is 10.6. The van der Waals surface area contributed by atoms with Gasteiger partial charge < -0.3 is 20.6 Å². The number of aliphatic carboxylic acids is 1. The standard InChI is InChI=1S/C20H25NO4/c1-14(20(25)17-7-9-18(22)10-8-17)21-13-12-16-4-2-15(3-5-16)6-11-19(23)24/h2-5,7-10,14,20-22,25H,6,11-13H2,1H3,(H,23,24). The SMILES string of the molecule is CC(NCCc1ccc(CCC(=O)O)cc1)C(O)c1ccc(O)cc1. The van der Waals surface area contributed by atoms with Crippen LogP contribution in [0.2, 0.25) is 0 Å². The lowest BCUT2D eigenvalue weighted by Crippen LogP contribution is -2.33. The average Bonchev–Trinajstić information content (AvgIpc) is 2.61. The van der Waals surface area contributed by atoms with Gasteiger partial charge in [0.15, 0.2) is 0 Å². The van der Waals surface area contributed by atoms with Gasteiger partial charge in [0.05, 0.1) is 6.10 Å². The Morgan fingerprint density at radius 2 is 1.56 bits per heavy atom. The number of phenols is 1. The summed E-state index contributed by atoms with van der Waals surface area (Å²) in [6, 6.07) is 14.4. The quantitative estimate of drug-likeness (QED) is 0.562. The van der Waals surface area contributed by atoms with E-state index in [9.17, 15) is 15.0 Å². The molecule has 0 fully saturated rings. The Hall–Kier alpha value is -2.37. The van der Waals surface area contributed by atoms with Gasteiger partial charge in [0.25, 0.3) is 0 Å². The molecule has 2 rings (SSSR count). The molecule has 0 amide bonds. The van der Waals surface area contributed by atoms with E-state index in [-0.39, 0.29) is 18.2 Å². The Labute approximate surface area is 148 Å². The van der Waals surface area contributed by atoms with E-state index in [1.807, 2.05) is 31.2 Å². The molecular formula is C20H25NO4. The molecule has 0 aliphatic rings. The van der Waals surface area contributed by atoms with Gasteiger partial charge in [0, 0.05) is 12.5 Å². The molecule has 5 heteroatoms. The summed E-state index contributed by atoms with van der Waals surface area (Å²) in [5.74, 6) is -0.599. The molecule has 2 aromatic rings. The average molecular weight is 343 g/mol. The Morgan fingerprint density at radius 3 is 2.12 bits per heavy atom. The highest BCUT2D eigenvalue weighted by Crippen LogP contribution is 2.19. The molecule has 0 aromatic heterocycles. The lowest BCUT2D eigenvalue weighted by Gasteiger charge is -2.20. The van der Waals surface area contributed by atoms with Crippen molar-refractivity contribution in [1.82, 2.24) is 5.32 Å². The van der Waals surface area contributed by atoms with E-state index in [4.69, 9.17) is 5.11 Å². The summed E-state index contributed by atoms with van der Waals surface area (Å²) in [4.78, 5) is 10.6. The number of aliphatic hydroxyl groups is 1. The first-order valence-electron chi connectivity index (χ1n) is 8.45. The van der Waals surface area contributed by atoms with E-state index >= 15 is 0 Å². The molecule has 2 aromatic carbocycles. The third-order valence-electron chi connectivity index (χ3n) is 4.24. The van der Waals surface area contributed by atoms with Crippen molar-refractivity contribution in [2.75, 3.05) is 6.54 Å². The summed E-state index contributed by atoms with van der Waals surface area (Å²) in [5.41, 5.74) is 2.95. The fraction of sp³-hybridized carbons (Fsp3) is 0.350. The molecule has 0 aliphatic carbocycles. The highest BCUT2D eigenvalue weighted by Gasteiger charge is 2.15. The molecule has 0 aliphatic heterocycles. The molecule has 5 nitrogen and oxygen atoms in total. The van der Waals surface area contributed by atoms with Crippen LogP contribution >= 0.6 is 0 Å². The van der Waals surface area contributed by atoms with E-state index in [1.54, 1.807) is 24.3 Å². The van der Waals surface area contributed by atoms with Gasteiger partial charge in [0.2, 0.25) is 0 Å². The summed E-state index contributed by atoms with van der Waals surface area (Å²) in [5, 5.41) is 31.6. The molecule has 2 atom stereocenters. The molecule has 0 heterocycles. The number of aliphatic hydroxyl groups excluding tert-OH is 1. The predicted octanol–water partition coefficient (Wildman–Crippen LogP) is 2.66. The van der Waals surface area contributed by atoms with Gasteiger partial charge in [-0.2, -0.15) is 0 Å². The maximum atomic E-state index is 10.6. The summed E-state index contributed by atoms with van der Waals surface area (Å²) < 4.78 is 0. The summed E-state index contributed by atoms with van der Waals surface area (Å²) in [6.07, 6.45) is 0.877. The van der Waals surface area contributed by atoms with Crippen LogP contribution in [0.1, 0.15) is 36.1 Å². The molecule has 0 radical (unpaired) electrons. The number of nitrogens with one attached hydrogen (secondary N) is 1. The summed E-state index contributed by atoms with van der Waals surface area (Å²) in [7, 11) is 0. The van der Waals surface area contributed by atoms with Crippen molar-refractivity contribution in [2.24, 2.45) is 0 Å². The number of hydrogen-bond acceptors (Lipinski definition) is 4. The van der Waals surface area contributed by atoms with Gasteiger partial charge in [-0.3, -0.25) is 4.79 Å². The third kappa shape index (κ3) is 6.21. The first-order valence-corrected chi connectivity index (χ1v) is 8.45. The number of hydrogen-bond donors (Lipinski definition) is 4. The van der Waals surface area contributed by atoms with E-state index < -0.39 is 12.1 Å². The Morgan fingerprint density at radius 1 is 1.00 bits per heavy atom. The molecule has 0 bridgehead atoms. The molecule has 0 saturated carbocycles. The second kappa shape index (κ2) is 9.20. The summed E-state index contributed by atoms with van der Waals surface area (Å²) in [6.45, 7) is 2.65. The highest BCUT2D eigenvalue weighted by atomic mass is 16.4. The number of aryl methyl sites for hydroxylation is 1. The van der Waals surface area contributed by atoms with E-state index in [0.717, 1.165) is 29.7 Å². The highest BCUT2D eigenvalue weighted by molar-refractivity contribution is 5.67. The summed E-state index contributed by atoms with van der Waals surface area (Å²) >= 11 is 0. The van der Waals surface area contributed by atoms with Gasteiger partial charge in [0.1, 0.15) is 5.75 Å². The van der Waals surface area contributed by atoms with Crippen LogP contribution in [0, 0.1) is 0 Å². The van der Waals surface area contributed by atoms with E-state index in [1.165, 1.54) is 0 Å². The number of phenolic OH excluding ortho intramolecular Hbond substituents is 1. The number of carbonyl (C=O) groups is 1. The van der Waals surface area contributed by atoms with Crippen molar-refractivity contribution in [1.29, 1.82) is 0 Å². The topological polar surface area (TPSA) is 89.8 Å². The Bertz CT molecular complexity index is 667. The largest absolute Gasteiger partial charge is 0.508 e. The monoisotopic (exact) mass is 343 g/mol. The number of benzene rings is 2. The molecule has 134 valence electrons. The molecule has 0 saturated heterocycles. The molecule has 2 unspecified atom stereocenters. The third-order valence-corrected chi connectivity index (χ3v) is 4.24. The van der Waals surface area contributed by atoms with Crippen molar-refractivity contribution < 1.29 is 20.1 Å². The van der Waals surface area contributed by atoms with Gasteiger partial charge in [-0.05, 0) is 55.1 Å². The fourth-order valence-corrected chi connectivity index (χ4v) is 2.64. The minimum atomic E-state index is -0.783. The lowest BCUT2D eigenvalue weighted by molar-refractivity contribution is -0.136. The fourth-order valence-electron chi connectivity index (χ4n) is 2.64. The zero-order valence-corrected chi connectivity index (χ0v) is 14.4. The lowest BCUT2D eigenvalue weighted by atomic mass is 10.0. The van der Waals surface area contributed by atoms with E-state index in [0.29, 0.717) is 6.42 Å². The van der Waals surface area contributed by atoms with Crippen LogP contribution in [-0.2, 0) is 17.6 Å². The van der Waals surface area contributed by atoms with Crippen molar-refractivity contribution >= 4 is 5.97 Å². The second-order valence-corrected chi connectivity index (χ2v) is 6.24. The van der Waals surface area contributed by atoms with Crippen LogP contribution in [-0.4, -0.2) is 33.9 Å². The second-order valence-electron chi connectivity index (χ2n) is 6.24. The van der Waals surface area contributed by atoms with Crippen molar-refractivity contribution in [3.63, 3.8) is 0 Å². The Kier molecular flexibility index (Phi) is 6.98. The van der Waals surface area contributed by atoms with Crippen molar-refractivity contribution in [3.05, 3.63) is 65.2 Å². The van der Waals surface area contributed by atoms with Crippen LogP contribution in [0.4, 0.5) is 0 Å². The van der Waals surface area contributed by atoms with Crippen molar-refractivity contribution in [2.45, 2.75) is 38.3 Å². The molecule has 0 spiro atoms. The first kappa shape index (κ1) is 19.0. The van der Waals surface area contributed by atoms with Crippen LogP contribution in [0.3, 0.4) is 0 Å². The normalized spacial score (nSPS) is 13.4. The van der Waals surface area contributed by atoms with Crippen LogP contribution in [0.15, 0.2) is 48.5 Å². The Balaban J connectivity index is 1.77. The number of aromatic hydroxyl groups is 1. The van der Waals surface area contributed by atoms with Gasteiger partial charge in [-0.1, -0.05) is 36.4 Å². The smallest absolute Gasteiger partial charge is 0.303 e. The van der Waals surface area contributed by atoms with Gasteiger partial charge in [-0.25, -0.2) is 0 Å². The first-order chi connectivity index (χ1) is 12.0. The van der Waals surface area contributed by atoms with Gasteiger partial charge >= 0.3 is 5.97 Å². The number of rotatable bonds is 9. The maximum Gasteiger partial charge on any atom is 0.303 e. The van der Waals surface area contributed by atoms with Crippen LogP contribution in [0.25, 0.3) is 0 Å². The van der Waals surface area contributed by atoms with Crippen LogP contribution < -0.4 is 5.32 Å². The molecule has 25 heavy (non-hydrogen) atoms. The zero-order chi connectivity index (χ0) is 18.2. The van der Waals surface area contributed by atoms with Crippen LogP contribution in [0.5, 0.6) is 5.75 Å². The number of carboxylic acid groups (broad SMARTS) is 1. The van der Waals surface area contributed by atoms with Crippen molar-refractivity contribution in [3.8, 4) is 5.75 Å². The minimum Gasteiger partial charge on any atom is -0.508 e. The van der Waals surface area contributed by atoms with E-state index in [2.05, 4.69) is 5.32 Å². The van der Waals surface area contributed by atoms with Gasteiger partial charge in [-0.15, -0.1) is 0 Å². The zero-order valence-electron chi connectivity index (χ0n) is 14.4. The predicted molar refractivity (Wildman–Crippen MR) is 96.6 cm³/mol.